The first-order valence-corrected chi connectivity index (χ1v) is 12.3. The second-order valence-electron chi connectivity index (χ2n) is 8.05. The van der Waals surface area contributed by atoms with E-state index in [0.29, 0.717) is 32.8 Å². The van der Waals surface area contributed by atoms with E-state index in [1.165, 1.54) is 17.3 Å². The fraction of sp³-hybridized carbons (Fsp3) is 0.400. The van der Waals surface area contributed by atoms with E-state index in [9.17, 15) is 4.79 Å². The molecule has 1 atom stereocenters. The van der Waals surface area contributed by atoms with Crippen molar-refractivity contribution in [3.8, 4) is 0 Å². The summed E-state index contributed by atoms with van der Waals surface area (Å²) in [4.78, 5) is 17.4. The van der Waals surface area contributed by atoms with E-state index in [0.717, 1.165) is 29.8 Å². The van der Waals surface area contributed by atoms with Gasteiger partial charge in [-0.3, -0.25) is 9.36 Å². The lowest BCUT2D eigenvalue weighted by atomic mass is 10.2. The Morgan fingerprint density at radius 3 is 2.30 bits per heavy atom. The summed E-state index contributed by atoms with van der Waals surface area (Å²) in [5.74, 6) is 0.939. The minimum absolute atomic E-state index is 0.105. The zero-order chi connectivity index (χ0) is 23.0. The third-order valence-corrected chi connectivity index (χ3v) is 6.78. The van der Waals surface area contributed by atoms with Crippen molar-refractivity contribution in [2.24, 2.45) is 0 Å². The summed E-state index contributed by atoms with van der Waals surface area (Å²) >= 11 is 1.48. The quantitative estimate of drug-likeness (QED) is 0.449. The smallest absolute Gasteiger partial charge is 0.236 e. The molecule has 0 saturated carbocycles. The largest absolute Gasteiger partial charge is 0.378 e. The van der Waals surface area contributed by atoms with E-state index < -0.39 is 0 Å². The van der Waals surface area contributed by atoms with Crippen molar-refractivity contribution in [3.05, 3.63) is 71.8 Å². The monoisotopic (exact) mass is 465 g/mol. The third-order valence-electron chi connectivity index (χ3n) is 5.71. The van der Waals surface area contributed by atoms with Gasteiger partial charge in [0.1, 0.15) is 0 Å². The van der Waals surface area contributed by atoms with E-state index in [1.807, 2.05) is 55.1 Å². The van der Waals surface area contributed by atoms with Gasteiger partial charge in [0.2, 0.25) is 11.9 Å². The number of aromatic nitrogens is 3. The first-order valence-electron chi connectivity index (χ1n) is 11.4. The highest BCUT2D eigenvalue weighted by Crippen LogP contribution is 2.28. The average molecular weight is 466 g/mol. The molecular weight excluding hydrogens is 434 g/mol. The third kappa shape index (κ3) is 5.94. The van der Waals surface area contributed by atoms with Crippen molar-refractivity contribution in [2.45, 2.75) is 37.3 Å². The van der Waals surface area contributed by atoms with Crippen LogP contribution in [-0.2, 0) is 22.6 Å². The molecule has 1 amide bonds. The lowest BCUT2D eigenvalue weighted by Crippen LogP contribution is -2.38. The Morgan fingerprint density at radius 2 is 1.67 bits per heavy atom. The van der Waals surface area contributed by atoms with Crippen LogP contribution in [0.15, 0.2) is 65.8 Å². The van der Waals surface area contributed by atoms with E-state index >= 15 is 0 Å². The van der Waals surface area contributed by atoms with E-state index in [2.05, 4.69) is 43.9 Å². The first kappa shape index (κ1) is 23.3. The van der Waals surface area contributed by atoms with Crippen LogP contribution in [-0.4, -0.2) is 63.7 Å². The van der Waals surface area contributed by atoms with Gasteiger partial charge < -0.3 is 14.5 Å². The molecular formula is C25H31N5O2S. The minimum atomic E-state index is -0.273. The summed E-state index contributed by atoms with van der Waals surface area (Å²) in [5.41, 5.74) is 2.30. The average Bonchev–Trinajstić information content (AvgIpc) is 3.25. The van der Waals surface area contributed by atoms with Crippen LogP contribution in [0.4, 0.5) is 5.95 Å². The Balaban J connectivity index is 1.53. The number of carbonyl (C=O) groups is 1. The van der Waals surface area contributed by atoms with Gasteiger partial charge >= 0.3 is 0 Å². The van der Waals surface area contributed by atoms with Crippen LogP contribution in [0, 0.1) is 0 Å². The van der Waals surface area contributed by atoms with E-state index in [-0.39, 0.29) is 11.2 Å². The number of carbonyl (C=O) groups excluding carboxylic acids is 1. The van der Waals surface area contributed by atoms with Gasteiger partial charge in [-0.1, -0.05) is 72.4 Å². The highest BCUT2D eigenvalue weighted by atomic mass is 32.2. The highest BCUT2D eigenvalue weighted by molar-refractivity contribution is 8.00. The number of morpholine rings is 1. The zero-order valence-electron chi connectivity index (χ0n) is 19.3. The summed E-state index contributed by atoms with van der Waals surface area (Å²) in [5, 5.41) is 9.51. The Hall–Kier alpha value is -2.84. The normalized spacial score (nSPS) is 14.8. The Labute approximate surface area is 199 Å². The number of anilines is 1. The molecule has 0 spiro atoms. The number of hydrogen-bond acceptors (Lipinski definition) is 6. The number of amides is 1. The molecule has 1 fully saturated rings. The Kier molecular flexibility index (Phi) is 8.01. The predicted molar refractivity (Wildman–Crippen MR) is 131 cm³/mol. The molecule has 3 aromatic rings. The molecule has 33 heavy (non-hydrogen) atoms. The molecule has 1 aromatic heterocycles. The molecule has 8 heteroatoms. The maximum Gasteiger partial charge on any atom is 0.236 e. The van der Waals surface area contributed by atoms with Gasteiger partial charge in [0.05, 0.1) is 25.0 Å². The van der Waals surface area contributed by atoms with Gasteiger partial charge in [-0.15, -0.1) is 10.2 Å². The molecule has 2 heterocycles. The maximum atomic E-state index is 13.3. The number of hydrogen-bond donors (Lipinski definition) is 0. The highest BCUT2D eigenvalue weighted by Gasteiger charge is 2.26. The van der Waals surface area contributed by atoms with Crippen LogP contribution in [0.5, 0.6) is 0 Å². The SMILES string of the molecule is CCN(Cc1ccccc1)C(=O)C(C)Sc1nnc(N2CCOCC2)n1Cc1ccccc1. The molecule has 0 aliphatic carbocycles. The number of rotatable bonds is 9. The fourth-order valence-corrected chi connectivity index (χ4v) is 4.81. The number of ether oxygens (including phenoxy) is 1. The van der Waals surface area contributed by atoms with Gasteiger partial charge in [-0.05, 0) is 25.0 Å². The minimum Gasteiger partial charge on any atom is -0.378 e. The Bertz CT molecular complexity index is 1020. The van der Waals surface area contributed by atoms with Crippen LogP contribution >= 0.6 is 11.8 Å². The molecule has 1 aliphatic heterocycles. The lowest BCUT2D eigenvalue weighted by molar-refractivity contribution is -0.130. The second-order valence-corrected chi connectivity index (χ2v) is 9.36. The van der Waals surface area contributed by atoms with Crippen LogP contribution in [0.1, 0.15) is 25.0 Å². The van der Waals surface area contributed by atoms with Crippen molar-refractivity contribution >= 4 is 23.6 Å². The summed E-state index contributed by atoms with van der Waals surface area (Å²) in [6, 6.07) is 20.4. The topological polar surface area (TPSA) is 63.5 Å². The van der Waals surface area contributed by atoms with Crippen molar-refractivity contribution in [3.63, 3.8) is 0 Å². The summed E-state index contributed by atoms with van der Waals surface area (Å²) in [6.07, 6.45) is 0. The molecule has 1 saturated heterocycles. The van der Waals surface area contributed by atoms with Crippen LogP contribution in [0.3, 0.4) is 0 Å². The number of nitrogens with zero attached hydrogens (tertiary/aromatic N) is 5. The van der Waals surface area contributed by atoms with Crippen molar-refractivity contribution in [1.82, 2.24) is 19.7 Å². The molecule has 1 unspecified atom stereocenters. The Morgan fingerprint density at radius 1 is 1.03 bits per heavy atom. The van der Waals surface area contributed by atoms with Gasteiger partial charge in [0.25, 0.3) is 0 Å². The molecule has 4 rings (SSSR count). The van der Waals surface area contributed by atoms with Gasteiger partial charge in [0.15, 0.2) is 5.16 Å². The lowest BCUT2D eigenvalue weighted by Gasteiger charge is -2.28. The molecule has 0 bridgehead atoms. The van der Waals surface area contributed by atoms with Crippen LogP contribution in [0.25, 0.3) is 0 Å². The summed E-state index contributed by atoms with van der Waals surface area (Å²) < 4.78 is 7.64. The molecule has 1 aliphatic rings. The molecule has 7 nitrogen and oxygen atoms in total. The maximum absolute atomic E-state index is 13.3. The van der Waals surface area contributed by atoms with E-state index in [1.54, 1.807) is 0 Å². The van der Waals surface area contributed by atoms with Crippen molar-refractivity contribution in [2.75, 3.05) is 37.7 Å². The molecule has 0 radical (unpaired) electrons. The molecule has 2 aromatic carbocycles. The second kappa shape index (κ2) is 11.3. The fourth-order valence-electron chi connectivity index (χ4n) is 3.88. The number of thioether (sulfide) groups is 1. The zero-order valence-corrected chi connectivity index (χ0v) is 20.1. The van der Waals surface area contributed by atoms with Crippen LogP contribution in [0.2, 0.25) is 0 Å². The van der Waals surface area contributed by atoms with Gasteiger partial charge in [-0.25, -0.2) is 0 Å². The van der Waals surface area contributed by atoms with E-state index in [4.69, 9.17) is 4.74 Å². The predicted octanol–water partition coefficient (Wildman–Crippen LogP) is 3.69. The summed E-state index contributed by atoms with van der Waals surface area (Å²) in [7, 11) is 0. The van der Waals surface area contributed by atoms with Gasteiger partial charge in [-0.2, -0.15) is 0 Å². The molecule has 174 valence electrons. The number of benzene rings is 2. The summed E-state index contributed by atoms with van der Waals surface area (Å²) in [6.45, 7) is 8.83. The van der Waals surface area contributed by atoms with Gasteiger partial charge in [0, 0.05) is 26.2 Å². The molecule has 0 N–H and O–H groups in total. The first-order chi connectivity index (χ1) is 16.2. The standard InChI is InChI=1S/C25H31N5O2S/c1-3-28(18-21-10-6-4-7-11-21)23(31)20(2)33-25-27-26-24(29-14-16-32-17-15-29)30(25)19-22-12-8-5-9-13-22/h4-13,20H,3,14-19H2,1-2H3. The van der Waals surface area contributed by atoms with Crippen molar-refractivity contribution in [1.29, 1.82) is 0 Å². The van der Waals surface area contributed by atoms with Crippen LogP contribution < -0.4 is 4.90 Å². The van der Waals surface area contributed by atoms with Crippen molar-refractivity contribution < 1.29 is 9.53 Å².